The summed E-state index contributed by atoms with van der Waals surface area (Å²) in [6, 6.07) is 81.1. The molecule has 0 saturated heterocycles. The summed E-state index contributed by atoms with van der Waals surface area (Å²) in [6.07, 6.45) is 0. The van der Waals surface area contributed by atoms with E-state index in [4.69, 9.17) is 23.8 Å². The number of fused-ring (bicyclic) bond motifs is 14. The molecule has 0 aliphatic rings. The van der Waals surface area contributed by atoms with Crippen molar-refractivity contribution in [1.82, 2.24) is 19.5 Å². The minimum atomic E-state index is 0.523. The first-order chi connectivity index (χ1) is 35.2. The molecule has 6 heteroatoms. The molecule has 0 fully saturated rings. The molecule has 4 heterocycles. The number of hydrogen-bond acceptors (Lipinski definition) is 5. The molecule has 6 nitrogen and oxygen atoms in total. The predicted octanol–water partition coefficient (Wildman–Crippen LogP) is 17.4. The van der Waals surface area contributed by atoms with Crippen LogP contribution in [0.3, 0.4) is 0 Å². The molecule has 0 aliphatic carbocycles. The highest BCUT2D eigenvalue weighted by Crippen LogP contribution is 2.46. The van der Waals surface area contributed by atoms with Gasteiger partial charge < -0.3 is 8.83 Å². The lowest BCUT2D eigenvalue weighted by molar-refractivity contribution is 0.669. The molecule has 0 bridgehead atoms. The molecule has 0 atom stereocenters. The van der Waals surface area contributed by atoms with Crippen molar-refractivity contribution in [3.63, 3.8) is 0 Å². The highest BCUT2D eigenvalue weighted by Gasteiger charge is 2.25. The molecule has 0 amide bonds. The third kappa shape index (κ3) is 6.11. The van der Waals surface area contributed by atoms with Gasteiger partial charge in [-0.2, -0.15) is 9.97 Å². The number of nitrogens with zero attached hydrogens (tertiary/aromatic N) is 4. The number of furan rings is 2. The van der Waals surface area contributed by atoms with Crippen LogP contribution in [0.2, 0.25) is 0 Å². The van der Waals surface area contributed by atoms with E-state index in [9.17, 15) is 0 Å². The Labute approximate surface area is 406 Å². The quantitative estimate of drug-likeness (QED) is 0.155. The van der Waals surface area contributed by atoms with Gasteiger partial charge in [-0.3, -0.25) is 4.57 Å². The average Bonchev–Trinajstić information content (AvgIpc) is 4.14. The van der Waals surface area contributed by atoms with Crippen molar-refractivity contribution in [2.24, 2.45) is 0 Å². The van der Waals surface area contributed by atoms with Crippen LogP contribution in [-0.2, 0) is 0 Å². The van der Waals surface area contributed by atoms with Crippen LogP contribution in [0.5, 0.6) is 0 Å². The van der Waals surface area contributed by atoms with Gasteiger partial charge in [0.25, 0.3) is 0 Å². The zero-order valence-corrected chi connectivity index (χ0v) is 38.0. The summed E-state index contributed by atoms with van der Waals surface area (Å²) < 4.78 is 15.2. The molecule has 71 heavy (non-hydrogen) atoms. The second kappa shape index (κ2) is 15.4. The summed E-state index contributed by atoms with van der Waals surface area (Å²) >= 11 is 0. The van der Waals surface area contributed by atoms with E-state index in [1.807, 2.05) is 48.5 Å². The minimum absolute atomic E-state index is 0.523. The van der Waals surface area contributed by atoms with Gasteiger partial charge in [-0.15, -0.1) is 0 Å². The number of para-hydroxylation sites is 4. The lowest BCUT2D eigenvalue weighted by Gasteiger charge is -2.15. The average molecular weight is 907 g/mol. The molecule has 0 spiro atoms. The minimum Gasteiger partial charge on any atom is -0.456 e. The lowest BCUT2D eigenvalue weighted by atomic mass is 9.94. The Bertz CT molecular complexity index is 4660. The maximum absolute atomic E-state index is 6.50. The Morgan fingerprint density at radius 2 is 0.789 bits per heavy atom. The molecule has 4 aromatic heterocycles. The number of hydrogen-bond donors (Lipinski definition) is 0. The van der Waals surface area contributed by atoms with E-state index in [0.29, 0.717) is 17.6 Å². The molecular weight excluding hydrogens is 869 g/mol. The lowest BCUT2D eigenvalue weighted by Crippen LogP contribution is -2.07. The predicted molar refractivity (Wildman–Crippen MR) is 291 cm³/mol. The van der Waals surface area contributed by atoms with Crippen molar-refractivity contribution in [1.29, 1.82) is 0 Å². The van der Waals surface area contributed by atoms with Gasteiger partial charge in [-0.05, 0) is 74.8 Å². The van der Waals surface area contributed by atoms with Gasteiger partial charge >= 0.3 is 0 Å². The molecule has 11 aromatic carbocycles. The van der Waals surface area contributed by atoms with Crippen LogP contribution in [0.1, 0.15) is 0 Å². The van der Waals surface area contributed by atoms with Gasteiger partial charge in [0.2, 0.25) is 5.95 Å². The third-order valence-corrected chi connectivity index (χ3v) is 14.2. The van der Waals surface area contributed by atoms with Crippen molar-refractivity contribution in [2.45, 2.75) is 0 Å². The Morgan fingerprint density at radius 1 is 0.282 bits per heavy atom. The molecule has 0 aliphatic heterocycles. The van der Waals surface area contributed by atoms with Crippen LogP contribution in [-0.4, -0.2) is 19.5 Å². The number of aromatic nitrogens is 4. The van der Waals surface area contributed by atoms with E-state index >= 15 is 0 Å². The van der Waals surface area contributed by atoms with Crippen LogP contribution in [0.25, 0.3) is 149 Å². The van der Waals surface area contributed by atoms with Crippen molar-refractivity contribution >= 4 is 87.2 Å². The monoisotopic (exact) mass is 906 g/mol. The van der Waals surface area contributed by atoms with Crippen molar-refractivity contribution in [2.75, 3.05) is 0 Å². The van der Waals surface area contributed by atoms with E-state index in [1.165, 1.54) is 10.8 Å². The van der Waals surface area contributed by atoms with Gasteiger partial charge in [-0.1, -0.05) is 194 Å². The smallest absolute Gasteiger partial charge is 0.238 e. The molecule has 330 valence electrons. The highest BCUT2D eigenvalue weighted by molar-refractivity contribution is 6.33. The fourth-order valence-corrected chi connectivity index (χ4v) is 11.0. The fraction of sp³-hybridized carbons (Fsp3) is 0. The zero-order valence-electron chi connectivity index (χ0n) is 38.0. The second-order valence-electron chi connectivity index (χ2n) is 18.3. The van der Waals surface area contributed by atoms with Crippen LogP contribution in [0.4, 0.5) is 0 Å². The number of benzene rings is 11. The van der Waals surface area contributed by atoms with Crippen LogP contribution >= 0.6 is 0 Å². The van der Waals surface area contributed by atoms with Gasteiger partial charge in [0.05, 0.1) is 11.0 Å². The molecular formula is C65H38N4O2. The first kappa shape index (κ1) is 39.4. The maximum atomic E-state index is 6.50. The molecule has 0 unspecified atom stereocenters. The molecule has 15 rings (SSSR count). The van der Waals surface area contributed by atoms with Gasteiger partial charge in [0, 0.05) is 60.0 Å². The molecule has 0 radical (unpaired) electrons. The zero-order chi connectivity index (χ0) is 46.6. The van der Waals surface area contributed by atoms with E-state index in [2.05, 4.69) is 187 Å². The second-order valence-corrected chi connectivity index (χ2v) is 18.3. The van der Waals surface area contributed by atoms with E-state index in [-0.39, 0.29) is 0 Å². The van der Waals surface area contributed by atoms with Crippen LogP contribution in [0.15, 0.2) is 239 Å². The number of rotatable bonds is 6. The molecule has 0 saturated carbocycles. The third-order valence-electron chi connectivity index (χ3n) is 14.2. The van der Waals surface area contributed by atoms with Gasteiger partial charge in [0.15, 0.2) is 11.6 Å². The SMILES string of the molecule is c1ccc(-c2nc(-c3ccc4c(c3)oc3ccccc34)nc(-n3c4c(-c5cccc(-c6cccc(-c7cccc8c7oc7ccccc78)c6)c5)cccc4c4c5ccccc5c5ccccc5c43)n2)cc1. The molecule has 15 aromatic rings. The first-order valence-electron chi connectivity index (χ1n) is 23.9. The largest absolute Gasteiger partial charge is 0.456 e. The first-order valence-corrected chi connectivity index (χ1v) is 23.9. The highest BCUT2D eigenvalue weighted by atomic mass is 16.3. The molecule has 0 N–H and O–H groups in total. The van der Waals surface area contributed by atoms with Crippen LogP contribution in [0, 0.1) is 0 Å². The van der Waals surface area contributed by atoms with Gasteiger partial charge in [-0.25, -0.2) is 4.98 Å². The topological polar surface area (TPSA) is 69.9 Å². The van der Waals surface area contributed by atoms with Crippen molar-refractivity contribution in [3.05, 3.63) is 231 Å². The summed E-state index contributed by atoms with van der Waals surface area (Å²) in [5.41, 5.74) is 13.7. The van der Waals surface area contributed by atoms with Crippen molar-refractivity contribution < 1.29 is 8.83 Å². The summed E-state index contributed by atoms with van der Waals surface area (Å²) in [7, 11) is 0. The van der Waals surface area contributed by atoms with E-state index < -0.39 is 0 Å². The normalized spacial score (nSPS) is 11.9. The summed E-state index contributed by atoms with van der Waals surface area (Å²) in [4.78, 5) is 16.1. The fourth-order valence-electron chi connectivity index (χ4n) is 11.0. The Morgan fingerprint density at radius 3 is 1.54 bits per heavy atom. The summed E-state index contributed by atoms with van der Waals surface area (Å²) in [5.74, 6) is 1.65. The van der Waals surface area contributed by atoms with E-state index in [1.54, 1.807) is 0 Å². The Hall–Kier alpha value is -9.65. The van der Waals surface area contributed by atoms with E-state index in [0.717, 1.165) is 121 Å². The van der Waals surface area contributed by atoms with Gasteiger partial charge in [0.1, 0.15) is 22.3 Å². The van der Waals surface area contributed by atoms with Crippen LogP contribution < -0.4 is 0 Å². The summed E-state index contributed by atoms with van der Waals surface area (Å²) in [5, 5.41) is 11.2. The standard InChI is InChI=1S/C65H38N4O2/c1-2-16-39(17-3-1)63-66-64(44-34-35-51-49-24-8-10-32-56(49)70-58(51)38-44)68-65(67-63)69-60-45(28-14-31-55(60)59-52-26-6-4-22-47(52)48-23-5-7-27-53(48)61(59)69)42-20-12-18-40(36-42)41-19-13-21-43(37-41)46-29-15-30-54-50-25-9-11-33-57(50)71-62(46)54/h1-38H. The van der Waals surface area contributed by atoms with Crippen molar-refractivity contribution in [3.8, 4) is 62.1 Å². The summed E-state index contributed by atoms with van der Waals surface area (Å²) in [6.45, 7) is 0. The maximum Gasteiger partial charge on any atom is 0.238 e. The Balaban J connectivity index is 0.985. The Kier molecular flexibility index (Phi) is 8.56.